The summed E-state index contributed by atoms with van der Waals surface area (Å²) in [7, 11) is 0. The minimum Gasteiger partial charge on any atom is -0.479 e. The van der Waals surface area contributed by atoms with Crippen LogP contribution >= 0.6 is 46.4 Å². The average molecular weight is 458 g/mol. The molecule has 0 unspecified atom stereocenters. The van der Waals surface area contributed by atoms with Crippen molar-refractivity contribution in [2.45, 2.75) is 36.9 Å². The zero-order valence-corrected chi connectivity index (χ0v) is 17.5. The number of benzene rings is 1. The number of carboxylic acid groups (broad SMARTS) is 1. The highest BCUT2D eigenvalue weighted by atomic mass is 35.5. The van der Waals surface area contributed by atoms with Gasteiger partial charge in [-0.15, -0.1) is 0 Å². The van der Waals surface area contributed by atoms with Gasteiger partial charge in [0.15, 0.2) is 0 Å². The second-order valence-electron chi connectivity index (χ2n) is 6.26. The van der Waals surface area contributed by atoms with E-state index in [1.807, 2.05) is 0 Å². The van der Waals surface area contributed by atoms with Crippen LogP contribution in [0.1, 0.15) is 32.6 Å². The first-order valence-electron chi connectivity index (χ1n) is 8.08. The number of alkyl halides is 2. The van der Waals surface area contributed by atoms with Crippen molar-refractivity contribution in [2.24, 2.45) is 17.6 Å². The molecule has 1 aromatic rings. The first kappa shape index (κ1) is 23.8. The number of nitrogens with two attached hydrogens (primary N) is 1. The molecule has 4 N–H and O–H groups in total. The van der Waals surface area contributed by atoms with Crippen molar-refractivity contribution in [3.05, 3.63) is 28.2 Å². The second kappa shape index (κ2) is 10.4. The Balaban J connectivity index is 0.000000235. The average Bonchev–Trinajstić information content (AvgIpc) is 3.43. The van der Waals surface area contributed by atoms with E-state index in [0.29, 0.717) is 15.7 Å². The third kappa shape index (κ3) is 10.1. The maximum absolute atomic E-state index is 11.4. The van der Waals surface area contributed by atoms with E-state index in [2.05, 4.69) is 5.32 Å². The molecule has 10 heteroatoms. The maximum Gasteiger partial charge on any atom is 0.339 e. The van der Waals surface area contributed by atoms with Gasteiger partial charge in [0.2, 0.25) is 16.1 Å². The van der Waals surface area contributed by atoms with Crippen LogP contribution in [-0.2, 0) is 14.4 Å². The highest BCUT2D eigenvalue weighted by molar-refractivity contribution is 6.56. The Morgan fingerprint density at radius 2 is 1.56 bits per heavy atom. The Hall–Kier alpha value is -1.21. The number of carbonyl (C=O) groups excluding carboxylic acids is 2. The van der Waals surface area contributed by atoms with Crippen molar-refractivity contribution in [3.8, 4) is 0 Å². The molecule has 2 aliphatic carbocycles. The number of hydrogen-bond acceptors (Lipinski definition) is 3. The van der Waals surface area contributed by atoms with Gasteiger partial charge in [0.25, 0.3) is 0 Å². The quantitative estimate of drug-likeness (QED) is 0.578. The third-order valence-electron chi connectivity index (χ3n) is 3.49. The molecule has 0 heterocycles. The lowest BCUT2D eigenvalue weighted by molar-refractivity contribution is -0.137. The number of amides is 2. The van der Waals surface area contributed by atoms with E-state index in [-0.39, 0.29) is 23.7 Å². The summed E-state index contributed by atoms with van der Waals surface area (Å²) < 4.78 is -1.64. The predicted molar refractivity (Wildman–Crippen MR) is 107 cm³/mol. The van der Waals surface area contributed by atoms with E-state index in [0.717, 1.165) is 25.7 Å². The molecule has 2 saturated carbocycles. The smallest absolute Gasteiger partial charge is 0.339 e. The molecular weight excluding hydrogens is 438 g/mol. The number of hydrogen-bond donors (Lipinski definition) is 3. The Labute approximate surface area is 177 Å². The summed E-state index contributed by atoms with van der Waals surface area (Å²) in [6.07, 6.45) is 4.03. The summed E-state index contributed by atoms with van der Waals surface area (Å²) in [5.74, 6) is -0.844. The molecule has 2 aliphatic rings. The molecule has 150 valence electrons. The number of carbonyl (C=O) groups is 3. The fourth-order valence-corrected chi connectivity index (χ4v) is 1.83. The van der Waals surface area contributed by atoms with Gasteiger partial charge in [-0.2, -0.15) is 0 Å². The zero-order valence-electron chi connectivity index (χ0n) is 14.5. The fraction of sp³-hybridized carbons (Fsp3) is 0.471. The van der Waals surface area contributed by atoms with Gasteiger partial charge in [-0.3, -0.25) is 9.59 Å². The number of carboxylic acids is 1. The largest absolute Gasteiger partial charge is 0.479 e. The van der Waals surface area contributed by atoms with E-state index in [9.17, 15) is 14.4 Å². The van der Waals surface area contributed by atoms with E-state index < -0.39 is 10.3 Å². The van der Waals surface area contributed by atoms with Crippen LogP contribution in [0.2, 0.25) is 10.0 Å². The first-order chi connectivity index (χ1) is 12.4. The third-order valence-corrected chi connectivity index (χ3v) is 4.55. The number of aliphatic carboxylic acids is 1. The summed E-state index contributed by atoms with van der Waals surface area (Å²) in [4.78, 5) is 31.1. The molecular formula is C17H20Cl4N2O4. The van der Waals surface area contributed by atoms with Crippen LogP contribution in [0.25, 0.3) is 0 Å². The molecule has 1 aromatic carbocycles. The molecule has 0 bridgehead atoms. The number of anilines is 1. The van der Waals surface area contributed by atoms with Crippen LogP contribution in [0.5, 0.6) is 0 Å². The Morgan fingerprint density at radius 1 is 1.07 bits per heavy atom. The number of halogens is 4. The van der Waals surface area contributed by atoms with Gasteiger partial charge in [-0.1, -0.05) is 46.4 Å². The molecule has 2 amide bonds. The first-order valence-corrected chi connectivity index (χ1v) is 9.59. The molecule has 3 rings (SSSR count). The van der Waals surface area contributed by atoms with Crippen molar-refractivity contribution >= 4 is 69.9 Å². The van der Waals surface area contributed by atoms with Crippen molar-refractivity contribution in [1.29, 1.82) is 0 Å². The van der Waals surface area contributed by atoms with E-state index in [1.165, 1.54) is 6.92 Å². The van der Waals surface area contributed by atoms with Crippen molar-refractivity contribution in [2.75, 3.05) is 5.32 Å². The molecule has 0 aromatic heterocycles. The minimum absolute atomic E-state index is 0.0726. The van der Waals surface area contributed by atoms with Crippen LogP contribution in [0.15, 0.2) is 18.2 Å². The van der Waals surface area contributed by atoms with Gasteiger partial charge in [0.1, 0.15) is 0 Å². The monoisotopic (exact) mass is 456 g/mol. The summed E-state index contributed by atoms with van der Waals surface area (Å²) in [5.41, 5.74) is 5.56. The van der Waals surface area contributed by atoms with Crippen LogP contribution in [0, 0.1) is 11.8 Å². The number of primary amides is 1. The normalized spacial score (nSPS) is 15.4. The van der Waals surface area contributed by atoms with Gasteiger partial charge in [0.05, 0.1) is 10.0 Å². The Kier molecular flexibility index (Phi) is 9.15. The fourth-order valence-electron chi connectivity index (χ4n) is 1.53. The number of nitrogens with one attached hydrogen (secondary N) is 1. The van der Waals surface area contributed by atoms with Gasteiger partial charge >= 0.3 is 5.97 Å². The topological polar surface area (TPSA) is 109 Å². The highest BCUT2D eigenvalue weighted by Gasteiger charge is 2.29. The summed E-state index contributed by atoms with van der Waals surface area (Å²) >= 11 is 21.6. The van der Waals surface area contributed by atoms with Crippen molar-refractivity contribution < 1.29 is 19.5 Å². The lowest BCUT2D eigenvalue weighted by Gasteiger charge is -2.04. The minimum atomic E-state index is -1.64. The lowest BCUT2D eigenvalue weighted by Crippen LogP contribution is -2.19. The SMILES string of the molecule is CC(Cl)(Cl)C(=O)O.NC(=O)C1CC1.O=C(Nc1ccc(Cl)c(Cl)c1)C1CC1. The van der Waals surface area contributed by atoms with Crippen molar-refractivity contribution in [1.82, 2.24) is 0 Å². The van der Waals surface area contributed by atoms with Crippen LogP contribution in [-0.4, -0.2) is 27.2 Å². The molecule has 27 heavy (non-hydrogen) atoms. The van der Waals surface area contributed by atoms with Crippen LogP contribution < -0.4 is 11.1 Å². The highest BCUT2D eigenvalue weighted by Crippen LogP contribution is 2.31. The van der Waals surface area contributed by atoms with Crippen molar-refractivity contribution in [3.63, 3.8) is 0 Å². The lowest BCUT2D eigenvalue weighted by atomic mass is 10.3. The second-order valence-corrected chi connectivity index (χ2v) is 8.78. The predicted octanol–water partition coefficient (Wildman–Crippen LogP) is 4.49. The van der Waals surface area contributed by atoms with Crippen LogP contribution in [0.4, 0.5) is 5.69 Å². The van der Waals surface area contributed by atoms with Gasteiger partial charge < -0.3 is 16.2 Å². The number of rotatable bonds is 4. The maximum atomic E-state index is 11.4. The molecule has 0 radical (unpaired) electrons. The van der Waals surface area contributed by atoms with Gasteiger partial charge in [-0.25, -0.2) is 4.79 Å². The Bertz CT molecular complexity index is 699. The van der Waals surface area contributed by atoms with E-state index in [4.69, 9.17) is 57.2 Å². The molecule has 2 fully saturated rings. The zero-order chi connectivity index (χ0) is 20.8. The van der Waals surface area contributed by atoms with E-state index in [1.54, 1.807) is 18.2 Å². The standard InChI is InChI=1S/C10H9Cl2NO.C4H7NO.C3H4Cl2O2/c11-8-4-3-7(5-9(8)12)13-10(14)6-1-2-6;5-4(6)3-1-2-3;1-3(4,5)2(6)7/h3-6H,1-2H2,(H,13,14);3H,1-2H2,(H2,5,6);1H3,(H,6,7). The van der Waals surface area contributed by atoms with E-state index >= 15 is 0 Å². The molecule has 0 spiro atoms. The molecule has 6 nitrogen and oxygen atoms in total. The summed E-state index contributed by atoms with van der Waals surface area (Å²) in [5, 5.41) is 11.7. The Morgan fingerprint density at radius 3 is 1.85 bits per heavy atom. The molecule has 0 atom stereocenters. The summed E-state index contributed by atoms with van der Waals surface area (Å²) in [6.45, 7) is 1.19. The van der Waals surface area contributed by atoms with Gasteiger partial charge in [-0.05, 0) is 50.8 Å². The molecule has 0 saturated heterocycles. The molecule has 0 aliphatic heterocycles. The van der Waals surface area contributed by atoms with Crippen LogP contribution in [0.3, 0.4) is 0 Å². The van der Waals surface area contributed by atoms with Gasteiger partial charge in [0, 0.05) is 17.5 Å². The summed E-state index contributed by atoms with van der Waals surface area (Å²) in [6, 6.07) is 5.07.